The number of carbonyl (C=O) groups excluding carboxylic acids is 1. The molecule has 0 aliphatic heterocycles. The van der Waals surface area contributed by atoms with Crippen LogP contribution in [0.25, 0.3) is 0 Å². The molecule has 8 N–H and O–H groups in total. The predicted molar refractivity (Wildman–Crippen MR) is 26.1 cm³/mol. The van der Waals surface area contributed by atoms with Crippen LogP contribution in [-0.4, -0.2) is 22.5 Å². The van der Waals surface area contributed by atoms with Crippen molar-refractivity contribution in [3.8, 4) is 0 Å². The van der Waals surface area contributed by atoms with Crippen molar-refractivity contribution in [3.05, 3.63) is 0 Å². The van der Waals surface area contributed by atoms with Gasteiger partial charge in [-0.05, 0) is 6.16 Å². The van der Waals surface area contributed by atoms with Crippen molar-refractivity contribution < 1.29 is 46.8 Å². The third kappa shape index (κ3) is 407. The summed E-state index contributed by atoms with van der Waals surface area (Å²) in [6.45, 7) is 0. The first kappa shape index (κ1) is 32.5. The fourth-order valence-electron chi connectivity index (χ4n) is 0. The van der Waals surface area contributed by atoms with Crippen molar-refractivity contribution >= 4 is 12.3 Å². The summed E-state index contributed by atoms with van der Waals surface area (Å²) >= 11 is 0. The van der Waals surface area contributed by atoms with Gasteiger partial charge in [0.1, 0.15) is 0 Å². The van der Waals surface area contributed by atoms with Gasteiger partial charge in [0, 0.05) is 0 Å². The van der Waals surface area contributed by atoms with Gasteiger partial charge in [-0.15, -0.1) is 0 Å². The van der Waals surface area contributed by atoms with Crippen LogP contribution in [0.3, 0.4) is 0 Å². The average Bonchev–Trinajstić information content (AvgIpc) is 1.25. The summed E-state index contributed by atoms with van der Waals surface area (Å²) in [5, 5.41) is 30.6. The van der Waals surface area contributed by atoms with E-state index in [-0.39, 0.29) is 29.1 Å². The van der Waals surface area contributed by atoms with E-state index in [1.807, 2.05) is 0 Å². The maximum atomic E-state index is 8.56. The molecular weight excluding hydrogens is 207 g/mol. The van der Waals surface area contributed by atoms with Crippen LogP contribution in [0, 0.1) is 0 Å². The largest absolute Gasteiger partial charge is 2.00 e. The molecule has 0 saturated carbocycles. The molecule has 0 heterocycles. The van der Waals surface area contributed by atoms with Gasteiger partial charge in [0.15, 0.2) is 0 Å². The molecule has 0 aliphatic carbocycles. The molecular formula is C2H8CoN2O6. The second kappa shape index (κ2) is 23.1. The van der Waals surface area contributed by atoms with E-state index in [0.29, 0.717) is 0 Å². The molecule has 11 heavy (non-hydrogen) atoms. The van der Waals surface area contributed by atoms with Gasteiger partial charge in [0.25, 0.3) is 0 Å². The van der Waals surface area contributed by atoms with Crippen molar-refractivity contribution in [1.82, 2.24) is 12.3 Å². The number of hydrogen-bond acceptors (Lipinski definition) is 6. The summed E-state index contributed by atoms with van der Waals surface area (Å²) in [7, 11) is 0. The molecule has 9 heteroatoms. The van der Waals surface area contributed by atoms with Gasteiger partial charge in [-0.25, -0.2) is 4.79 Å². The molecule has 0 rings (SSSR count). The first-order chi connectivity index (χ1) is 3.46. The van der Waals surface area contributed by atoms with Gasteiger partial charge in [-0.3, -0.25) is 0 Å². The summed E-state index contributed by atoms with van der Waals surface area (Å²) in [6.07, 6.45) is -4.17. The number of hydrogen-bond donors (Lipinski definition) is 4. The Labute approximate surface area is 72.2 Å². The van der Waals surface area contributed by atoms with Gasteiger partial charge in [0.05, 0.1) is 0 Å². The zero-order chi connectivity index (χ0) is 7.15. The second-order valence-electron chi connectivity index (χ2n) is 0.533. The summed E-state index contributed by atoms with van der Waals surface area (Å²) in [5.41, 5.74) is 0. The molecule has 71 valence electrons. The summed E-state index contributed by atoms with van der Waals surface area (Å²) < 4.78 is 0. The Hall–Kier alpha value is -1.03. The fourth-order valence-corrected chi connectivity index (χ4v) is 0. The number of rotatable bonds is 0. The Balaban J connectivity index is -0.0000000171. The van der Waals surface area contributed by atoms with Crippen LogP contribution in [0.1, 0.15) is 0 Å². The molecule has 1 radical (unpaired) electrons. The smallest absolute Gasteiger partial charge is 0.652 e. The molecule has 0 aromatic heterocycles. The molecule has 0 aliphatic rings. The Morgan fingerprint density at radius 2 is 1.00 bits per heavy atom. The maximum absolute atomic E-state index is 8.56. The molecule has 0 amide bonds. The monoisotopic (exact) mass is 215 g/mol. The minimum absolute atomic E-state index is 0. The van der Waals surface area contributed by atoms with Gasteiger partial charge in [-0.2, -0.15) is 0 Å². The number of carboxylic acid groups (broad SMARTS) is 4. The van der Waals surface area contributed by atoms with Crippen molar-refractivity contribution in [1.29, 1.82) is 0 Å². The van der Waals surface area contributed by atoms with Gasteiger partial charge >= 0.3 is 22.9 Å². The summed E-state index contributed by atoms with van der Waals surface area (Å²) in [5.74, 6) is 0. The van der Waals surface area contributed by atoms with E-state index < -0.39 is 12.3 Å². The van der Waals surface area contributed by atoms with Gasteiger partial charge < -0.3 is 37.5 Å². The SMILES string of the molecule is N.N.O=C(O)O.O=C([O-])[O-].[Co+2]. The van der Waals surface area contributed by atoms with Crippen molar-refractivity contribution in [2.45, 2.75) is 0 Å². The topological polar surface area (TPSA) is 191 Å². The Morgan fingerprint density at radius 3 is 1.00 bits per heavy atom. The third-order valence-corrected chi connectivity index (χ3v) is 0. The van der Waals surface area contributed by atoms with E-state index in [0.717, 1.165) is 0 Å². The first-order valence-corrected chi connectivity index (χ1v) is 1.26. The average molecular weight is 215 g/mol. The van der Waals surface area contributed by atoms with E-state index >= 15 is 0 Å². The van der Waals surface area contributed by atoms with Crippen LogP contribution in [-0.2, 0) is 16.8 Å². The van der Waals surface area contributed by atoms with Crippen LogP contribution in [0.15, 0.2) is 0 Å². The third-order valence-electron chi connectivity index (χ3n) is 0. The van der Waals surface area contributed by atoms with E-state index in [4.69, 9.17) is 30.0 Å². The summed E-state index contributed by atoms with van der Waals surface area (Å²) in [6, 6.07) is 0. The molecule has 0 aromatic rings. The number of carbonyl (C=O) groups is 2. The van der Waals surface area contributed by atoms with Gasteiger partial charge in [-0.1, -0.05) is 0 Å². The normalized spacial score (nSPS) is 4.36. The van der Waals surface area contributed by atoms with E-state index in [9.17, 15) is 0 Å². The maximum Gasteiger partial charge on any atom is 2.00 e. The van der Waals surface area contributed by atoms with Crippen molar-refractivity contribution in [2.24, 2.45) is 0 Å². The zero-order valence-corrected chi connectivity index (χ0v) is 6.32. The predicted octanol–water partition coefficient (Wildman–Crippen LogP) is -1.90. The molecule has 0 aromatic carbocycles. The fraction of sp³-hybridized carbons (Fsp3) is 0. The summed E-state index contributed by atoms with van der Waals surface area (Å²) in [4.78, 5) is 16.9. The Bertz CT molecular complexity index is 76.6. The molecule has 0 fully saturated rings. The van der Waals surface area contributed by atoms with E-state index in [1.54, 1.807) is 0 Å². The molecule has 0 saturated heterocycles. The van der Waals surface area contributed by atoms with E-state index in [1.165, 1.54) is 0 Å². The first-order valence-electron chi connectivity index (χ1n) is 1.26. The van der Waals surface area contributed by atoms with Crippen molar-refractivity contribution in [3.63, 3.8) is 0 Å². The van der Waals surface area contributed by atoms with Crippen molar-refractivity contribution in [2.75, 3.05) is 0 Å². The zero-order valence-electron chi connectivity index (χ0n) is 5.27. The van der Waals surface area contributed by atoms with Crippen LogP contribution in [0.5, 0.6) is 0 Å². The Kier molecular flexibility index (Phi) is 68.1. The van der Waals surface area contributed by atoms with E-state index in [2.05, 4.69) is 0 Å². The van der Waals surface area contributed by atoms with Crippen LogP contribution in [0.2, 0.25) is 0 Å². The van der Waals surface area contributed by atoms with Crippen LogP contribution >= 0.6 is 0 Å². The minimum atomic E-state index is -2.33. The standard InChI is InChI=1S/2CH2O3.Co.2H3N/c2*2-1(3)4;;;/h2*(H2,2,3,4);;2*1H3/q;;+2;;/p-2. The Morgan fingerprint density at radius 1 is 1.00 bits per heavy atom. The molecule has 0 spiro atoms. The minimum Gasteiger partial charge on any atom is -0.652 e. The van der Waals surface area contributed by atoms with Crippen LogP contribution in [0.4, 0.5) is 9.59 Å². The molecule has 8 nitrogen and oxygen atoms in total. The van der Waals surface area contributed by atoms with Crippen LogP contribution < -0.4 is 22.5 Å². The quantitative estimate of drug-likeness (QED) is 0.359. The second-order valence-corrected chi connectivity index (χ2v) is 0.533. The van der Waals surface area contributed by atoms with Gasteiger partial charge in [0.2, 0.25) is 0 Å². The molecule has 0 bridgehead atoms. The molecule has 0 atom stereocenters. The molecule has 0 unspecified atom stereocenters.